The number of aryl methyl sites for hydroxylation is 2. The van der Waals surface area contributed by atoms with Gasteiger partial charge in [-0.05, 0) is 43.5 Å². The standard InChI is InChI=1S/C20H21N3/c1-4-15-13(3)20(14-7-5-12(2)6-8-14)23-18-10-9-17(22)16(11-21)19(15)18/h5-11,21H,4,22H2,1-3H3. The molecule has 0 aliphatic heterocycles. The molecule has 0 saturated carbocycles. The molecule has 0 fully saturated rings. The molecule has 3 heteroatoms. The summed E-state index contributed by atoms with van der Waals surface area (Å²) in [6.07, 6.45) is 2.22. The van der Waals surface area contributed by atoms with Crippen molar-refractivity contribution in [3.05, 3.63) is 58.7 Å². The Morgan fingerprint density at radius 2 is 1.78 bits per heavy atom. The van der Waals surface area contributed by atoms with Gasteiger partial charge in [0, 0.05) is 28.4 Å². The normalized spacial score (nSPS) is 10.9. The van der Waals surface area contributed by atoms with Gasteiger partial charge in [-0.25, -0.2) is 4.98 Å². The highest BCUT2D eigenvalue weighted by Crippen LogP contribution is 2.33. The predicted molar refractivity (Wildman–Crippen MR) is 98.3 cm³/mol. The second-order valence-electron chi connectivity index (χ2n) is 5.89. The number of benzene rings is 2. The SMILES string of the molecule is CCc1c(C)c(-c2ccc(C)cc2)nc2ccc(N)c(C=N)c12. The van der Waals surface area contributed by atoms with E-state index in [-0.39, 0.29) is 0 Å². The van der Waals surface area contributed by atoms with Gasteiger partial charge in [0.1, 0.15) is 0 Å². The Morgan fingerprint density at radius 1 is 1.09 bits per heavy atom. The van der Waals surface area contributed by atoms with E-state index in [0.717, 1.165) is 39.7 Å². The topological polar surface area (TPSA) is 62.8 Å². The zero-order valence-corrected chi connectivity index (χ0v) is 13.8. The number of pyridine rings is 1. The molecule has 3 N–H and O–H groups in total. The molecule has 0 radical (unpaired) electrons. The lowest BCUT2D eigenvalue weighted by Crippen LogP contribution is -2.02. The van der Waals surface area contributed by atoms with Crippen LogP contribution in [0.15, 0.2) is 36.4 Å². The lowest BCUT2D eigenvalue weighted by Gasteiger charge is -2.16. The van der Waals surface area contributed by atoms with Crippen LogP contribution in [-0.2, 0) is 6.42 Å². The fourth-order valence-electron chi connectivity index (χ4n) is 3.16. The summed E-state index contributed by atoms with van der Waals surface area (Å²) >= 11 is 0. The summed E-state index contributed by atoms with van der Waals surface area (Å²) in [4.78, 5) is 4.87. The first-order chi connectivity index (χ1) is 11.1. The molecule has 0 unspecified atom stereocenters. The molecule has 3 aromatic rings. The molecule has 1 heterocycles. The second kappa shape index (κ2) is 5.84. The van der Waals surface area contributed by atoms with Crippen LogP contribution >= 0.6 is 0 Å². The van der Waals surface area contributed by atoms with Crippen LogP contribution in [0.3, 0.4) is 0 Å². The summed E-state index contributed by atoms with van der Waals surface area (Å²) < 4.78 is 0. The number of fused-ring (bicyclic) bond motifs is 1. The summed E-state index contributed by atoms with van der Waals surface area (Å²) in [5.41, 5.74) is 14.1. The Kier molecular flexibility index (Phi) is 3.87. The molecule has 0 bridgehead atoms. The predicted octanol–water partition coefficient (Wildman–Crippen LogP) is 4.66. The van der Waals surface area contributed by atoms with Crippen LogP contribution < -0.4 is 5.73 Å². The molecule has 0 atom stereocenters. The number of hydrogen-bond donors (Lipinski definition) is 2. The molecule has 3 rings (SSSR count). The van der Waals surface area contributed by atoms with E-state index in [0.29, 0.717) is 5.69 Å². The van der Waals surface area contributed by atoms with Crippen molar-refractivity contribution in [2.45, 2.75) is 27.2 Å². The van der Waals surface area contributed by atoms with Gasteiger partial charge in [-0.1, -0.05) is 36.8 Å². The highest BCUT2D eigenvalue weighted by molar-refractivity contribution is 6.05. The zero-order valence-electron chi connectivity index (χ0n) is 13.8. The highest BCUT2D eigenvalue weighted by Gasteiger charge is 2.15. The Morgan fingerprint density at radius 3 is 2.39 bits per heavy atom. The zero-order chi connectivity index (χ0) is 16.6. The Bertz CT molecular complexity index is 893. The van der Waals surface area contributed by atoms with Gasteiger partial charge >= 0.3 is 0 Å². The summed E-state index contributed by atoms with van der Waals surface area (Å²) in [6, 6.07) is 12.2. The first-order valence-corrected chi connectivity index (χ1v) is 7.86. The van der Waals surface area contributed by atoms with E-state index in [4.69, 9.17) is 16.1 Å². The Hall–Kier alpha value is -2.68. The van der Waals surface area contributed by atoms with Gasteiger partial charge in [-0.3, -0.25) is 0 Å². The van der Waals surface area contributed by atoms with E-state index in [1.54, 1.807) is 0 Å². The summed E-state index contributed by atoms with van der Waals surface area (Å²) in [5, 5.41) is 8.73. The van der Waals surface area contributed by atoms with E-state index in [2.05, 4.69) is 45.0 Å². The van der Waals surface area contributed by atoms with E-state index in [1.807, 2.05) is 12.1 Å². The van der Waals surface area contributed by atoms with Crippen LogP contribution in [0, 0.1) is 19.3 Å². The molecule has 0 aliphatic carbocycles. The maximum absolute atomic E-state index is 7.72. The summed E-state index contributed by atoms with van der Waals surface area (Å²) in [6.45, 7) is 6.33. The lowest BCUT2D eigenvalue weighted by molar-refractivity contribution is 1.11. The van der Waals surface area contributed by atoms with Gasteiger partial charge in [0.2, 0.25) is 0 Å². The minimum absolute atomic E-state index is 0.631. The quantitative estimate of drug-likeness (QED) is 0.546. The van der Waals surface area contributed by atoms with Crippen LogP contribution in [0.5, 0.6) is 0 Å². The first-order valence-electron chi connectivity index (χ1n) is 7.86. The van der Waals surface area contributed by atoms with Gasteiger partial charge in [-0.2, -0.15) is 0 Å². The average molecular weight is 303 g/mol. The van der Waals surface area contributed by atoms with Crippen LogP contribution in [-0.4, -0.2) is 11.2 Å². The Labute approximate surface area is 136 Å². The highest BCUT2D eigenvalue weighted by atomic mass is 14.7. The van der Waals surface area contributed by atoms with Crippen molar-refractivity contribution in [1.29, 1.82) is 5.41 Å². The van der Waals surface area contributed by atoms with Crippen molar-refractivity contribution in [1.82, 2.24) is 4.98 Å². The number of aromatic nitrogens is 1. The summed E-state index contributed by atoms with van der Waals surface area (Å²) in [5.74, 6) is 0. The number of hydrogen-bond acceptors (Lipinski definition) is 3. The maximum Gasteiger partial charge on any atom is 0.0741 e. The fraction of sp³-hybridized carbons (Fsp3) is 0.200. The molecular formula is C20H21N3. The number of nitrogens with two attached hydrogens (primary N) is 1. The molecule has 116 valence electrons. The van der Waals surface area contributed by atoms with Crippen LogP contribution in [0.4, 0.5) is 5.69 Å². The molecule has 3 nitrogen and oxygen atoms in total. The molecule has 0 aliphatic rings. The third-order valence-corrected chi connectivity index (χ3v) is 4.42. The van der Waals surface area contributed by atoms with Crippen molar-refractivity contribution in [3.8, 4) is 11.3 Å². The number of anilines is 1. The molecule has 1 aromatic heterocycles. The minimum atomic E-state index is 0.631. The van der Waals surface area contributed by atoms with Crippen LogP contribution in [0.2, 0.25) is 0 Å². The molecular weight excluding hydrogens is 282 g/mol. The Balaban J connectivity index is 2.39. The third kappa shape index (κ3) is 2.48. The van der Waals surface area contributed by atoms with Crippen molar-refractivity contribution in [2.75, 3.05) is 5.73 Å². The minimum Gasteiger partial charge on any atom is -0.398 e. The van der Waals surface area contributed by atoms with Crippen LogP contribution in [0.25, 0.3) is 22.2 Å². The van der Waals surface area contributed by atoms with E-state index < -0.39 is 0 Å². The fourth-order valence-corrected chi connectivity index (χ4v) is 3.16. The van der Waals surface area contributed by atoms with Crippen molar-refractivity contribution in [3.63, 3.8) is 0 Å². The monoisotopic (exact) mass is 303 g/mol. The maximum atomic E-state index is 7.72. The van der Waals surface area contributed by atoms with Gasteiger partial charge in [-0.15, -0.1) is 0 Å². The molecule has 0 saturated heterocycles. The second-order valence-corrected chi connectivity index (χ2v) is 5.89. The van der Waals surface area contributed by atoms with Crippen molar-refractivity contribution >= 4 is 22.8 Å². The molecule has 2 aromatic carbocycles. The lowest BCUT2D eigenvalue weighted by atomic mass is 9.93. The smallest absolute Gasteiger partial charge is 0.0741 e. The third-order valence-electron chi connectivity index (χ3n) is 4.42. The largest absolute Gasteiger partial charge is 0.398 e. The number of nitrogens with zero attached hydrogens (tertiary/aromatic N) is 1. The van der Waals surface area contributed by atoms with Gasteiger partial charge in [0.05, 0.1) is 11.2 Å². The van der Waals surface area contributed by atoms with Crippen molar-refractivity contribution < 1.29 is 0 Å². The van der Waals surface area contributed by atoms with Crippen molar-refractivity contribution in [2.24, 2.45) is 0 Å². The number of rotatable bonds is 3. The van der Waals surface area contributed by atoms with Gasteiger partial charge < -0.3 is 11.1 Å². The molecule has 23 heavy (non-hydrogen) atoms. The summed E-state index contributed by atoms with van der Waals surface area (Å²) in [7, 11) is 0. The van der Waals surface area contributed by atoms with E-state index in [1.165, 1.54) is 17.3 Å². The first kappa shape index (κ1) is 15.2. The average Bonchev–Trinajstić information content (AvgIpc) is 2.55. The number of nitrogen functional groups attached to an aromatic ring is 1. The molecule has 0 amide bonds. The van der Waals surface area contributed by atoms with Gasteiger partial charge in [0.15, 0.2) is 0 Å². The van der Waals surface area contributed by atoms with E-state index in [9.17, 15) is 0 Å². The van der Waals surface area contributed by atoms with E-state index >= 15 is 0 Å². The van der Waals surface area contributed by atoms with Gasteiger partial charge in [0.25, 0.3) is 0 Å². The number of nitrogens with one attached hydrogen (secondary N) is 1. The van der Waals surface area contributed by atoms with Crippen LogP contribution in [0.1, 0.15) is 29.2 Å². The molecule has 0 spiro atoms.